The van der Waals surface area contributed by atoms with Gasteiger partial charge < -0.3 is 0 Å². The van der Waals surface area contributed by atoms with E-state index in [4.69, 9.17) is 0 Å². The van der Waals surface area contributed by atoms with E-state index in [1.807, 2.05) is 20.8 Å². The van der Waals surface area contributed by atoms with Crippen LogP contribution in [0.3, 0.4) is 0 Å². The minimum Gasteiger partial charge on any atom is -0.252 e. The number of aromatic nitrogens is 3. The average Bonchev–Trinajstić information content (AvgIpc) is 2.80. The van der Waals surface area contributed by atoms with Crippen LogP contribution in [-0.2, 0) is 6.54 Å². The summed E-state index contributed by atoms with van der Waals surface area (Å²) >= 11 is 0. The molecule has 0 aliphatic rings. The number of hydrogen-bond donors (Lipinski definition) is 0. The maximum absolute atomic E-state index is 12.6. The predicted molar refractivity (Wildman–Crippen MR) is 69.2 cm³/mol. The number of halogens is 1. The number of nitrogens with zero attached hydrogens (tertiary/aromatic N) is 3. The molecule has 1 aromatic rings. The van der Waals surface area contributed by atoms with Crippen LogP contribution in [-0.4, -0.2) is 14.8 Å². The van der Waals surface area contributed by atoms with Gasteiger partial charge in [-0.2, -0.15) is 5.10 Å². The fourth-order valence-electron chi connectivity index (χ4n) is 1.51. The largest absolute Gasteiger partial charge is 0.252 e. The summed E-state index contributed by atoms with van der Waals surface area (Å²) in [6.07, 6.45) is 5.58. The Morgan fingerprint density at radius 1 is 1.53 bits per heavy atom. The first-order chi connectivity index (χ1) is 8.13. The highest BCUT2D eigenvalue weighted by atomic mass is 19.1. The lowest BCUT2D eigenvalue weighted by Crippen LogP contribution is -2.11. The Morgan fingerprint density at radius 3 is 2.59 bits per heavy atom. The van der Waals surface area contributed by atoms with Crippen molar-refractivity contribution >= 4 is 0 Å². The molecule has 0 fully saturated rings. The molecule has 17 heavy (non-hydrogen) atoms. The van der Waals surface area contributed by atoms with Crippen LogP contribution in [0, 0.1) is 5.92 Å². The number of hydrogen-bond acceptors (Lipinski definition) is 2. The average molecular weight is 239 g/mol. The highest BCUT2D eigenvalue weighted by molar-refractivity contribution is 5.15. The molecule has 4 heteroatoms. The zero-order chi connectivity index (χ0) is 13.3. The lowest BCUT2D eigenvalue weighted by atomic mass is 9.97. The Bertz CT molecular complexity index is 342. The molecule has 0 aliphatic heterocycles. The van der Waals surface area contributed by atoms with Gasteiger partial charge in [-0.15, -0.1) is 0 Å². The first kappa shape index (κ1) is 15.6. The highest BCUT2D eigenvalue weighted by Gasteiger charge is 2.10. The van der Waals surface area contributed by atoms with Gasteiger partial charge in [0.25, 0.3) is 0 Å². The highest BCUT2D eigenvalue weighted by Crippen LogP contribution is 2.18. The lowest BCUT2D eigenvalue weighted by Gasteiger charge is -2.15. The minimum atomic E-state index is -0.399. The van der Waals surface area contributed by atoms with Gasteiger partial charge in [0.05, 0.1) is 0 Å². The second kappa shape index (κ2) is 8.67. The van der Waals surface area contributed by atoms with Gasteiger partial charge in [0.15, 0.2) is 0 Å². The van der Waals surface area contributed by atoms with Crippen molar-refractivity contribution in [3.63, 3.8) is 0 Å². The van der Waals surface area contributed by atoms with E-state index in [0.717, 1.165) is 18.5 Å². The summed E-state index contributed by atoms with van der Waals surface area (Å²) in [5.41, 5.74) is 0.987. The van der Waals surface area contributed by atoms with Gasteiger partial charge in [-0.25, -0.2) is 9.37 Å². The van der Waals surface area contributed by atoms with Gasteiger partial charge >= 0.3 is 0 Å². The molecule has 96 valence electrons. The van der Waals surface area contributed by atoms with Crippen LogP contribution < -0.4 is 0 Å². The topological polar surface area (TPSA) is 30.7 Å². The van der Waals surface area contributed by atoms with Gasteiger partial charge in [0, 0.05) is 6.54 Å². The van der Waals surface area contributed by atoms with Crippen molar-refractivity contribution in [3.8, 4) is 0 Å². The van der Waals surface area contributed by atoms with Gasteiger partial charge in [-0.3, -0.25) is 4.68 Å². The van der Waals surface area contributed by atoms with E-state index in [-0.39, 0.29) is 5.92 Å². The maximum Gasteiger partial charge on any atom is 0.137 e. The van der Waals surface area contributed by atoms with Crippen molar-refractivity contribution in [2.75, 3.05) is 0 Å². The van der Waals surface area contributed by atoms with Crippen molar-refractivity contribution in [1.82, 2.24) is 14.8 Å². The fourth-order valence-corrected chi connectivity index (χ4v) is 1.51. The summed E-state index contributed by atoms with van der Waals surface area (Å²) in [7, 11) is 0. The molecule has 0 saturated heterocycles. The zero-order valence-corrected chi connectivity index (χ0v) is 11.2. The van der Waals surface area contributed by atoms with Crippen LogP contribution >= 0.6 is 0 Å². The summed E-state index contributed by atoms with van der Waals surface area (Å²) in [5, 5.41) is 4.03. The monoisotopic (exact) mass is 239 g/mol. The summed E-state index contributed by atoms with van der Waals surface area (Å²) in [4.78, 5) is 3.87. The fraction of sp³-hybridized carbons (Fsp3) is 0.538. The van der Waals surface area contributed by atoms with Crippen LogP contribution in [0.25, 0.3) is 0 Å². The van der Waals surface area contributed by atoms with Gasteiger partial charge in [-0.05, 0) is 25.3 Å². The standard InChI is InChI=1S/C11H16FN3.C2H6/c1-4-11(9(2)5-10(3)12)6-15-8-13-7-14-15;1-2/h5,7-8,11H,3-4,6H2,1-2H3;1-2H3/b9-5+;. The zero-order valence-electron chi connectivity index (χ0n) is 11.2. The van der Waals surface area contributed by atoms with Crippen LogP contribution in [0.2, 0.25) is 0 Å². The van der Waals surface area contributed by atoms with Crippen molar-refractivity contribution in [1.29, 1.82) is 0 Å². The Hall–Kier alpha value is -1.45. The first-order valence-corrected chi connectivity index (χ1v) is 5.98. The van der Waals surface area contributed by atoms with Crippen LogP contribution in [0.4, 0.5) is 4.39 Å². The summed E-state index contributed by atoms with van der Waals surface area (Å²) in [6, 6.07) is 0. The van der Waals surface area contributed by atoms with E-state index < -0.39 is 5.83 Å². The first-order valence-electron chi connectivity index (χ1n) is 5.98. The molecule has 0 saturated carbocycles. The molecule has 0 spiro atoms. The third kappa shape index (κ3) is 6.00. The van der Waals surface area contributed by atoms with Crippen molar-refractivity contribution in [2.24, 2.45) is 5.92 Å². The van der Waals surface area contributed by atoms with E-state index in [9.17, 15) is 4.39 Å². The lowest BCUT2D eigenvalue weighted by molar-refractivity contribution is 0.456. The van der Waals surface area contributed by atoms with E-state index in [1.54, 1.807) is 11.0 Å². The molecular formula is C13H22FN3. The molecule has 0 radical (unpaired) electrons. The predicted octanol–water partition coefficient (Wildman–Crippen LogP) is 3.76. The molecule has 1 aromatic heterocycles. The van der Waals surface area contributed by atoms with Crippen molar-refractivity contribution < 1.29 is 4.39 Å². The van der Waals surface area contributed by atoms with Crippen LogP contribution in [0.1, 0.15) is 34.1 Å². The minimum absolute atomic E-state index is 0.277. The molecule has 1 rings (SSSR count). The third-order valence-electron chi connectivity index (χ3n) is 2.40. The summed E-state index contributed by atoms with van der Waals surface area (Å²) in [5.74, 6) is -0.122. The molecule has 0 N–H and O–H groups in total. The van der Waals surface area contributed by atoms with E-state index in [2.05, 4.69) is 23.6 Å². The van der Waals surface area contributed by atoms with Crippen LogP contribution in [0.5, 0.6) is 0 Å². The van der Waals surface area contributed by atoms with E-state index in [0.29, 0.717) is 0 Å². The number of rotatable bonds is 5. The molecular weight excluding hydrogens is 217 g/mol. The summed E-state index contributed by atoms with van der Waals surface area (Å²) in [6.45, 7) is 11.9. The third-order valence-corrected chi connectivity index (χ3v) is 2.40. The maximum atomic E-state index is 12.6. The molecule has 1 unspecified atom stereocenters. The normalized spacial score (nSPS) is 12.6. The molecule has 0 bridgehead atoms. The molecule has 3 nitrogen and oxygen atoms in total. The second-order valence-electron chi connectivity index (χ2n) is 3.56. The van der Waals surface area contributed by atoms with Gasteiger partial charge in [0.2, 0.25) is 0 Å². The van der Waals surface area contributed by atoms with E-state index >= 15 is 0 Å². The molecule has 0 aliphatic carbocycles. The molecule has 1 atom stereocenters. The Labute approximate surface area is 103 Å². The summed E-state index contributed by atoms with van der Waals surface area (Å²) < 4.78 is 14.4. The quantitative estimate of drug-likeness (QED) is 0.732. The second-order valence-corrected chi connectivity index (χ2v) is 3.56. The Morgan fingerprint density at radius 2 is 2.18 bits per heavy atom. The van der Waals surface area contributed by atoms with Gasteiger partial charge in [-0.1, -0.05) is 32.9 Å². The van der Waals surface area contributed by atoms with Crippen molar-refractivity contribution in [2.45, 2.75) is 40.7 Å². The van der Waals surface area contributed by atoms with Gasteiger partial charge in [0.1, 0.15) is 18.5 Å². The number of allylic oxidation sites excluding steroid dienone is 3. The molecule has 1 heterocycles. The molecule has 0 amide bonds. The molecule has 0 aromatic carbocycles. The SMILES string of the molecule is C=C(F)/C=C(\C)C(CC)Cn1cncn1.CC. The Kier molecular flexibility index (Phi) is 7.93. The van der Waals surface area contributed by atoms with E-state index in [1.165, 1.54) is 12.4 Å². The Balaban J connectivity index is 0.00000121. The van der Waals surface area contributed by atoms with Crippen LogP contribution in [0.15, 0.2) is 36.7 Å². The smallest absolute Gasteiger partial charge is 0.137 e. The van der Waals surface area contributed by atoms with Crippen molar-refractivity contribution in [3.05, 3.63) is 36.7 Å².